The normalized spacial score (nSPS) is 17.6. The van der Waals surface area contributed by atoms with Crippen LogP contribution in [0.25, 0.3) is 0 Å². The van der Waals surface area contributed by atoms with E-state index in [1.165, 1.54) is 6.07 Å². The molecule has 0 saturated carbocycles. The molecule has 0 aromatic heterocycles. The van der Waals surface area contributed by atoms with Crippen LogP contribution >= 0.6 is 0 Å². The van der Waals surface area contributed by atoms with E-state index in [-0.39, 0.29) is 17.5 Å². The van der Waals surface area contributed by atoms with Crippen molar-refractivity contribution in [3.05, 3.63) is 23.8 Å². The Morgan fingerprint density at radius 2 is 2.19 bits per heavy atom. The number of hydrogen-bond acceptors (Lipinski definition) is 4. The monoisotopic (exact) mass is 313 g/mol. The first kappa shape index (κ1) is 15.8. The van der Waals surface area contributed by atoms with Crippen molar-refractivity contribution in [3.63, 3.8) is 0 Å². The predicted octanol–water partition coefficient (Wildman–Crippen LogP) is 1.50. The highest BCUT2D eigenvalue weighted by atomic mass is 32.2. The molecule has 0 spiro atoms. The number of benzene rings is 1. The molecule has 1 aromatic rings. The van der Waals surface area contributed by atoms with Crippen molar-refractivity contribution in [1.82, 2.24) is 4.31 Å². The molecule has 0 bridgehead atoms. The number of aliphatic carboxylic acids is 1. The van der Waals surface area contributed by atoms with Gasteiger partial charge >= 0.3 is 5.97 Å². The highest BCUT2D eigenvalue weighted by Crippen LogP contribution is 2.31. The van der Waals surface area contributed by atoms with Gasteiger partial charge in [-0.05, 0) is 37.1 Å². The molecular formula is C14H19NO5S. The zero-order valence-electron chi connectivity index (χ0n) is 12.1. The van der Waals surface area contributed by atoms with Gasteiger partial charge in [0, 0.05) is 13.0 Å². The summed E-state index contributed by atoms with van der Waals surface area (Å²) in [5.74, 6) is -0.466. The molecular weight excluding hydrogens is 294 g/mol. The standard InChI is InChI=1S/C14H19NO5S/c1-3-6-15(9-14(16)17)21(18,19)12-4-5-13-11(8-12)7-10(2)20-13/h4-5,8,10H,3,6-7,9H2,1-2H3,(H,16,17). The maximum absolute atomic E-state index is 12.6. The van der Waals surface area contributed by atoms with Gasteiger partial charge in [-0.1, -0.05) is 6.92 Å². The fourth-order valence-corrected chi connectivity index (χ4v) is 3.93. The fraction of sp³-hybridized carbons (Fsp3) is 0.500. The van der Waals surface area contributed by atoms with Crippen molar-refractivity contribution in [3.8, 4) is 5.75 Å². The number of fused-ring (bicyclic) bond motifs is 1. The second-order valence-electron chi connectivity index (χ2n) is 5.13. The van der Waals surface area contributed by atoms with Gasteiger partial charge in [-0.3, -0.25) is 4.79 Å². The summed E-state index contributed by atoms with van der Waals surface area (Å²) in [6, 6.07) is 4.69. The Morgan fingerprint density at radius 1 is 1.48 bits per heavy atom. The van der Waals surface area contributed by atoms with Crippen LogP contribution < -0.4 is 4.74 Å². The molecule has 0 aliphatic carbocycles. The van der Waals surface area contributed by atoms with E-state index in [9.17, 15) is 13.2 Å². The summed E-state index contributed by atoms with van der Waals surface area (Å²) in [5, 5.41) is 8.88. The topological polar surface area (TPSA) is 83.9 Å². The molecule has 0 radical (unpaired) electrons. The van der Waals surface area contributed by atoms with Crippen LogP contribution in [0, 0.1) is 0 Å². The quantitative estimate of drug-likeness (QED) is 0.860. The minimum atomic E-state index is -3.80. The molecule has 116 valence electrons. The van der Waals surface area contributed by atoms with Gasteiger partial charge in [0.2, 0.25) is 10.0 Å². The molecule has 1 atom stereocenters. The minimum Gasteiger partial charge on any atom is -0.490 e. The summed E-state index contributed by atoms with van der Waals surface area (Å²) >= 11 is 0. The minimum absolute atomic E-state index is 0.0312. The highest BCUT2D eigenvalue weighted by molar-refractivity contribution is 7.89. The van der Waals surface area contributed by atoms with Crippen LogP contribution in [0.2, 0.25) is 0 Å². The van der Waals surface area contributed by atoms with Gasteiger partial charge in [-0.15, -0.1) is 0 Å². The van der Waals surface area contributed by atoms with Crippen LogP contribution in [0.15, 0.2) is 23.1 Å². The van der Waals surface area contributed by atoms with E-state index in [0.717, 1.165) is 9.87 Å². The molecule has 7 heteroatoms. The van der Waals surface area contributed by atoms with Crippen molar-refractivity contribution < 1.29 is 23.1 Å². The number of carboxylic acids is 1. The van der Waals surface area contributed by atoms with Gasteiger partial charge in [-0.2, -0.15) is 4.31 Å². The number of hydrogen-bond donors (Lipinski definition) is 1. The van der Waals surface area contributed by atoms with Gasteiger partial charge in [0.15, 0.2) is 0 Å². The van der Waals surface area contributed by atoms with E-state index >= 15 is 0 Å². The fourth-order valence-electron chi connectivity index (χ4n) is 2.39. The first-order valence-corrected chi connectivity index (χ1v) is 8.30. The third-order valence-corrected chi connectivity index (χ3v) is 5.13. The van der Waals surface area contributed by atoms with Crippen LogP contribution in [0.1, 0.15) is 25.8 Å². The average molecular weight is 313 g/mol. The summed E-state index contributed by atoms with van der Waals surface area (Å²) in [5.41, 5.74) is 0.843. The van der Waals surface area contributed by atoms with E-state index in [2.05, 4.69) is 0 Å². The summed E-state index contributed by atoms with van der Waals surface area (Å²) in [4.78, 5) is 11.0. The lowest BCUT2D eigenvalue weighted by atomic mass is 10.1. The van der Waals surface area contributed by atoms with E-state index in [0.29, 0.717) is 18.6 Å². The molecule has 0 amide bonds. The number of carboxylic acid groups (broad SMARTS) is 1. The Kier molecular flexibility index (Phi) is 4.53. The third-order valence-electron chi connectivity index (χ3n) is 3.29. The molecule has 1 N–H and O–H groups in total. The number of sulfonamides is 1. The summed E-state index contributed by atoms with van der Waals surface area (Å²) in [6.07, 6.45) is 1.24. The zero-order chi connectivity index (χ0) is 15.6. The molecule has 2 rings (SSSR count). The predicted molar refractivity (Wildman–Crippen MR) is 76.9 cm³/mol. The van der Waals surface area contributed by atoms with Crippen LogP contribution in [0.3, 0.4) is 0 Å². The van der Waals surface area contributed by atoms with E-state index in [1.54, 1.807) is 12.1 Å². The first-order chi connectivity index (χ1) is 9.84. The van der Waals surface area contributed by atoms with Crippen molar-refractivity contribution >= 4 is 16.0 Å². The Balaban J connectivity index is 2.34. The van der Waals surface area contributed by atoms with Gasteiger partial charge < -0.3 is 9.84 Å². The largest absolute Gasteiger partial charge is 0.490 e. The van der Waals surface area contributed by atoms with Crippen LogP contribution in [0.5, 0.6) is 5.75 Å². The number of rotatable bonds is 6. The molecule has 1 aliphatic heterocycles. The molecule has 21 heavy (non-hydrogen) atoms. The first-order valence-electron chi connectivity index (χ1n) is 6.86. The smallest absolute Gasteiger partial charge is 0.318 e. The van der Waals surface area contributed by atoms with Crippen molar-refractivity contribution in [1.29, 1.82) is 0 Å². The van der Waals surface area contributed by atoms with Gasteiger partial charge in [0.05, 0.1) is 4.90 Å². The molecule has 0 fully saturated rings. The number of ether oxygens (including phenoxy) is 1. The Hall–Kier alpha value is -1.60. The van der Waals surface area contributed by atoms with Crippen molar-refractivity contribution in [2.45, 2.75) is 37.7 Å². The second kappa shape index (κ2) is 6.03. The third kappa shape index (κ3) is 3.36. The van der Waals surface area contributed by atoms with Gasteiger partial charge in [-0.25, -0.2) is 8.42 Å². The molecule has 1 aromatic carbocycles. The highest BCUT2D eigenvalue weighted by Gasteiger charge is 2.28. The van der Waals surface area contributed by atoms with Gasteiger partial charge in [0.25, 0.3) is 0 Å². The van der Waals surface area contributed by atoms with Crippen LogP contribution in [0.4, 0.5) is 0 Å². The van der Waals surface area contributed by atoms with E-state index in [4.69, 9.17) is 9.84 Å². The van der Waals surface area contributed by atoms with Crippen LogP contribution in [-0.4, -0.2) is 43.0 Å². The molecule has 0 saturated heterocycles. The second-order valence-corrected chi connectivity index (χ2v) is 7.07. The Bertz CT molecular complexity index is 641. The van der Waals surface area contributed by atoms with Crippen molar-refractivity contribution in [2.75, 3.05) is 13.1 Å². The lowest BCUT2D eigenvalue weighted by Gasteiger charge is -2.19. The molecule has 1 heterocycles. The average Bonchev–Trinajstić information content (AvgIpc) is 2.76. The summed E-state index contributed by atoms with van der Waals surface area (Å²) in [6.45, 7) is 3.38. The van der Waals surface area contributed by atoms with E-state index in [1.807, 2.05) is 13.8 Å². The lowest BCUT2D eigenvalue weighted by molar-refractivity contribution is -0.137. The summed E-state index contributed by atoms with van der Waals surface area (Å²) < 4.78 is 31.7. The Labute approximate surface area is 124 Å². The molecule has 1 unspecified atom stereocenters. The number of carbonyl (C=O) groups is 1. The maximum atomic E-state index is 12.6. The maximum Gasteiger partial charge on any atom is 0.318 e. The van der Waals surface area contributed by atoms with E-state index < -0.39 is 22.5 Å². The molecule has 1 aliphatic rings. The van der Waals surface area contributed by atoms with Crippen LogP contribution in [-0.2, 0) is 21.2 Å². The number of nitrogens with zero attached hydrogens (tertiary/aromatic N) is 1. The summed E-state index contributed by atoms with van der Waals surface area (Å²) in [7, 11) is -3.80. The SMILES string of the molecule is CCCN(CC(=O)O)S(=O)(=O)c1ccc2c(c1)CC(C)O2. The van der Waals surface area contributed by atoms with Gasteiger partial charge in [0.1, 0.15) is 18.4 Å². The lowest BCUT2D eigenvalue weighted by Crippen LogP contribution is -2.36. The van der Waals surface area contributed by atoms with Crippen molar-refractivity contribution in [2.24, 2.45) is 0 Å². The zero-order valence-corrected chi connectivity index (χ0v) is 12.9. The Morgan fingerprint density at radius 3 is 2.81 bits per heavy atom. The molecule has 6 nitrogen and oxygen atoms in total.